The van der Waals surface area contributed by atoms with Gasteiger partial charge in [-0.25, -0.2) is 37.6 Å². The lowest BCUT2D eigenvalue weighted by Gasteiger charge is -2.31. The highest BCUT2D eigenvalue weighted by molar-refractivity contribution is 6.02. The molecule has 2 aromatic heterocycles. The number of urea groups is 1. The number of nitrogens with zero attached hydrogens (tertiary/aromatic N) is 5. The van der Waals surface area contributed by atoms with Crippen LogP contribution < -0.4 is 10.2 Å². The van der Waals surface area contributed by atoms with E-state index in [1.165, 1.54) is 35.3 Å². The molecule has 4 aromatic rings. The number of hydrogen-bond acceptors (Lipinski definition) is 5. The van der Waals surface area contributed by atoms with Gasteiger partial charge in [0.25, 0.3) is 0 Å². The molecule has 2 N–H and O–H groups in total. The molecule has 39 heavy (non-hydrogen) atoms. The lowest BCUT2D eigenvalue weighted by atomic mass is 10.00. The van der Waals surface area contributed by atoms with Crippen LogP contribution in [0.25, 0.3) is 17.2 Å². The quantitative estimate of drug-likeness (QED) is 0.345. The summed E-state index contributed by atoms with van der Waals surface area (Å²) in [6, 6.07) is 6.81. The largest absolute Gasteiger partial charge is 0.490 e. The molecule has 0 aliphatic carbocycles. The van der Waals surface area contributed by atoms with E-state index in [2.05, 4.69) is 20.3 Å². The smallest absolute Gasteiger partial charge is 0.475 e. The number of rotatable bonds is 3. The first kappa shape index (κ1) is 27.1. The number of carbonyl (C=O) groups is 2. The van der Waals surface area contributed by atoms with Crippen LogP contribution in [0.4, 0.5) is 42.6 Å². The van der Waals surface area contributed by atoms with Crippen molar-refractivity contribution in [2.45, 2.75) is 19.6 Å². The summed E-state index contributed by atoms with van der Waals surface area (Å²) in [5, 5.41) is 9.74. The van der Waals surface area contributed by atoms with E-state index in [1.807, 2.05) is 0 Å². The number of aryl methyl sites for hydroxylation is 1. The minimum Gasteiger partial charge on any atom is -0.475 e. The molecule has 2 amide bonds. The second-order valence-corrected chi connectivity index (χ2v) is 7.97. The van der Waals surface area contributed by atoms with Gasteiger partial charge in [-0.15, -0.1) is 0 Å². The van der Waals surface area contributed by atoms with E-state index in [9.17, 15) is 31.1 Å². The van der Waals surface area contributed by atoms with E-state index < -0.39 is 41.3 Å². The van der Waals surface area contributed by atoms with Crippen molar-refractivity contribution in [2.75, 3.05) is 4.90 Å². The highest BCUT2D eigenvalue weighted by atomic mass is 19.4. The fourth-order valence-electron chi connectivity index (χ4n) is 3.67. The van der Waals surface area contributed by atoms with Crippen LogP contribution >= 0.6 is 0 Å². The lowest BCUT2D eigenvalue weighted by Crippen LogP contribution is -2.43. The maximum absolute atomic E-state index is 14.6. The van der Waals surface area contributed by atoms with Crippen LogP contribution in [0.15, 0.2) is 55.1 Å². The number of aliphatic carboxylic acids is 1. The summed E-state index contributed by atoms with van der Waals surface area (Å²) in [5.41, 5.74) is 1.48. The Morgan fingerprint density at radius 1 is 1.08 bits per heavy atom. The first-order chi connectivity index (χ1) is 18.4. The predicted octanol–water partition coefficient (Wildman–Crippen LogP) is 5.05. The minimum atomic E-state index is -5.08. The van der Waals surface area contributed by atoms with E-state index in [4.69, 9.17) is 9.90 Å². The average Bonchev–Trinajstić information content (AvgIpc) is 3.39. The van der Waals surface area contributed by atoms with Gasteiger partial charge in [0.1, 0.15) is 29.5 Å². The number of carbonyl (C=O) groups excluding carboxylic acids is 1. The number of amides is 2. The number of imidazole rings is 1. The van der Waals surface area contributed by atoms with Gasteiger partial charge >= 0.3 is 18.2 Å². The number of carboxylic acid groups (broad SMARTS) is 1. The summed E-state index contributed by atoms with van der Waals surface area (Å²) in [6.45, 7) is 1.75. The zero-order valence-electron chi connectivity index (χ0n) is 19.7. The Morgan fingerprint density at radius 2 is 1.74 bits per heavy atom. The van der Waals surface area contributed by atoms with E-state index in [0.717, 1.165) is 17.0 Å². The van der Waals surface area contributed by atoms with Gasteiger partial charge in [-0.05, 0) is 42.8 Å². The Labute approximate surface area is 215 Å². The highest BCUT2D eigenvalue weighted by Gasteiger charge is 2.38. The molecule has 202 valence electrons. The number of para-hydroxylation sites is 1. The van der Waals surface area contributed by atoms with Crippen LogP contribution in [0.5, 0.6) is 0 Å². The molecule has 2 aromatic carbocycles. The molecule has 5 rings (SSSR count). The average molecular weight is 550 g/mol. The molecule has 0 bridgehead atoms. The molecular formula is C24H16F6N6O3. The Kier molecular flexibility index (Phi) is 7.25. The van der Waals surface area contributed by atoms with Gasteiger partial charge in [-0.1, -0.05) is 6.07 Å². The third-order valence-electron chi connectivity index (χ3n) is 5.39. The zero-order valence-corrected chi connectivity index (χ0v) is 19.7. The van der Waals surface area contributed by atoms with Gasteiger partial charge in [0.2, 0.25) is 5.95 Å². The first-order valence-corrected chi connectivity index (χ1v) is 10.9. The molecule has 0 unspecified atom stereocenters. The molecular weight excluding hydrogens is 534 g/mol. The minimum absolute atomic E-state index is 0.0233. The Hall–Kier alpha value is -4.95. The van der Waals surface area contributed by atoms with E-state index in [-0.39, 0.29) is 18.3 Å². The Morgan fingerprint density at radius 3 is 2.31 bits per heavy atom. The molecule has 0 fully saturated rings. The molecule has 9 nitrogen and oxygen atoms in total. The van der Waals surface area contributed by atoms with Crippen LogP contribution in [-0.4, -0.2) is 42.8 Å². The lowest BCUT2D eigenvalue weighted by molar-refractivity contribution is -0.192. The standard InChI is InChI=1S/C22H15F3N6O.C2HF3O2/c1-12-9-13(23)5-6-14(12)18-15-10-27-22(32)31(19-16(24)3-2-4-17(19)25)20(15)29-21(28-18)30-8-7-26-11-30;3-2(4,5)1(6)7/h2-9,11H,10H2,1H3,(H,27,32);(H,6,7). The van der Waals surface area contributed by atoms with Crippen molar-refractivity contribution in [3.05, 3.63) is 83.7 Å². The normalized spacial score (nSPS) is 12.8. The number of aromatic nitrogens is 4. The van der Waals surface area contributed by atoms with Gasteiger partial charge in [0, 0.05) is 23.5 Å². The van der Waals surface area contributed by atoms with Crippen LogP contribution in [0.2, 0.25) is 0 Å². The summed E-state index contributed by atoms with van der Waals surface area (Å²) in [6.07, 6.45) is -0.507. The maximum Gasteiger partial charge on any atom is 0.490 e. The third-order valence-corrected chi connectivity index (χ3v) is 5.39. The van der Waals surface area contributed by atoms with E-state index in [0.29, 0.717) is 22.4 Å². The van der Waals surface area contributed by atoms with Crippen LogP contribution in [0.1, 0.15) is 11.1 Å². The second kappa shape index (κ2) is 10.4. The van der Waals surface area contributed by atoms with Gasteiger partial charge < -0.3 is 10.4 Å². The van der Waals surface area contributed by atoms with Crippen LogP contribution in [-0.2, 0) is 11.3 Å². The molecule has 1 aliphatic heterocycles. The highest BCUT2D eigenvalue weighted by Crippen LogP contribution is 2.38. The van der Waals surface area contributed by atoms with Crippen molar-refractivity contribution in [2.24, 2.45) is 0 Å². The number of carboxylic acids is 1. The molecule has 0 spiro atoms. The Bertz CT molecular complexity index is 1540. The predicted molar refractivity (Wildman–Crippen MR) is 124 cm³/mol. The molecule has 3 heterocycles. The zero-order chi connectivity index (χ0) is 28.5. The summed E-state index contributed by atoms with van der Waals surface area (Å²) in [5.74, 6) is -4.85. The number of anilines is 2. The number of fused-ring (bicyclic) bond motifs is 1. The molecule has 15 heteroatoms. The topological polar surface area (TPSA) is 113 Å². The Balaban J connectivity index is 0.000000448. The number of halogens is 6. The molecule has 0 radical (unpaired) electrons. The maximum atomic E-state index is 14.6. The summed E-state index contributed by atoms with van der Waals surface area (Å²) in [4.78, 5) is 35.6. The van der Waals surface area contributed by atoms with Gasteiger partial charge in [0.05, 0.1) is 12.2 Å². The summed E-state index contributed by atoms with van der Waals surface area (Å²) in [7, 11) is 0. The van der Waals surface area contributed by atoms with Gasteiger partial charge in [-0.3, -0.25) is 4.57 Å². The first-order valence-electron chi connectivity index (χ1n) is 10.9. The molecule has 0 saturated heterocycles. The van der Waals surface area contributed by atoms with E-state index in [1.54, 1.807) is 19.2 Å². The van der Waals surface area contributed by atoms with Gasteiger partial charge in [-0.2, -0.15) is 18.2 Å². The fourth-order valence-corrected chi connectivity index (χ4v) is 3.67. The summed E-state index contributed by atoms with van der Waals surface area (Å²) < 4.78 is 76.3. The number of benzene rings is 2. The van der Waals surface area contributed by atoms with E-state index >= 15 is 0 Å². The SMILES string of the molecule is Cc1cc(F)ccc1-c1nc(-n2ccnc2)nc2c1CNC(=O)N2c1c(F)cccc1F.O=C(O)C(F)(F)F. The molecule has 0 saturated carbocycles. The van der Waals surface area contributed by atoms with Crippen molar-refractivity contribution in [1.82, 2.24) is 24.8 Å². The van der Waals surface area contributed by atoms with Crippen LogP contribution in [0, 0.1) is 24.4 Å². The number of alkyl halides is 3. The van der Waals surface area contributed by atoms with Crippen molar-refractivity contribution in [3.63, 3.8) is 0 Å². The van der Waals surface area contributed by atoms with Crippen molar-refractivity contribution >= 4 is 23.5 Å². The monoisotopic (exact) mass is 550 g/mol. The number of hydrogen-bond donors (Lipinski definition) is 2. The molecule has 1 aliphatic rings. The molecule has 0 atom stereocenters. The van der Waals surface area contributed by atoms with Crippen LogP contribution in [0.3, 0.4) is 0 Å². The summed E-state index contributed by atoms with van der Waals surface area (Å²) >= 11 is 0. The van der Waals surface area contributed by atoms with Crippen molar-refractivity contribution in [1.29, 1.82) is 0 Å². The second-order valence-electron chi connectivity index (χ2n) is 7.97. The number of nitrogens with one attached hydrogen (secondary N) is 1. The fraction of sp³-hybridized carbons (Fsp3) is 0.125. The third kappa shape index (κ3) is 5.51. The van der Waals surface area contributed by atoms with Gasteiger partial charge in [0.15, 0.2) is 5.82 Å². The van der Waals surface area contributed by atoms with Crippen molar-refractivity contribution in [3.8, 4) is 17.2 Å². The van der Waals surface area contributed by atoms with Crippen molar-refractivity contribution < 1.29 is 41.0 Å².